The van der Waals surface area contributed by atoms with Crippen molar-refractivity contribution in [2.75, 3.05) is 13.1 Å². The summed E-state index contributed by atoms with van der Waals surface area (Å²) in [5.74, 6) is 0.00189. The van der Waals surface area contributed by atoms with E-state index in [0.717, 1.165) is 38.0 Å². The summed E-state index contributed by atoms with van der Waals surface area (Å²) in [5.41, 5.74) is 2.07. The molecule has 26 heavy (non-hydrogen) atoms. The molecule has 0 bridgehead atoms. The number of nitrogens with zero attached hydrogens (tertiary/aromatic N) is 3. The van der Waals surface area contributed by atoms with Crippen LogP contribution < -0.4 is 5.32 Å². The van der Waals surface area contributed by atoms with Gasteiger partial charge in [0.2, 0.25) is 0 Å². The molecule has 1 unspecified atom stereocenters. The smallest absolute Gasteiger partial charge is 0.254 e. The van der Waals surface area contributed by atoms with Crippen molar-refractivity contribution in [3.05, 3.63) is 65.5 Å². The third-order valence-corrected chi connectivity index (χ3v) is 4.57. The second kappa shape index (κ2) is 9.91. The average molecular weight is 371 g/mol. The van der Waals surface area contributed by atoms with Crippen molar-refractivity contribution in [3.8, 4) is 6.07 Å². The Morgan fingerprint density at radius 2 is 2.00 bits per heavy atom. The molecule has 5 nitrogen and oxygen atoms in total. The van der Waals surface area contributed by atoms with Crippen LogP contribution in [-0.2, 0) is 6.54 Å². The first-order valence-corrected chi connectivity index (χ1v) is 8.69. The van der Waals surface area contributed by atoms with Crippen LogP contribution >= 0.6 is 12.4 Å². The molecule has 0 saturated carbocycles. The highest BCUT2D eigenvalue weighted by Crippen LogP contribution is 2.19. The van der Waals surface area contributed by atoms with Crippen molar-refractivity contribution in [2.24, 2.45) is 0 Å². The molecule has 1 aromatic heterocycles. The summed E-state index contributed by atoms with van der Waals surface area (Å²) in [7, 11) is 0. The van der Waals surface area contributed by atoms with Crippen LogP contribution in [0.5, 0.6) is 0 Å². The number of aromatic nitrogens is 1. The summed E-state index contributed by atoms with van der Waals surface area (Å²) in [6.45, 7) is 2.42. The molecule has 2 aromatic rings. The average Bonchev–Trinajstić information content (AvgIpc) is 2.96. The molecule has 136 valence electrons. The highest BCUT2D eigenvalue weighted by Gasteiger charge is 2.26. The quantitative estimate of drug-likeness (QED) is 0.897. The van der Waals surface area contributed by atoms with Gasteiger partial charge in [0.05, 0.1) is 23.9 Å². The fourth-order valence-corrected chi connectivity index (χ4v) is 3.20. The molecule has 1 aliphatic rings. The van der Waals surface area contributed by atoms with Crippen molar-refractivity contribution < 1.29 is 4.79 Å². The van der Waals surface area contributed by atoms with Crippen molar-refractivity contribution >= 4 is 18.3 Å². The lowest BCUT2D eigenvalue weighted by molar-refractivity contribution is 0.0642. The maximum Gasteiger partial charge on any atom is 0.254 e. The maximum absolute atomic E-state index is 13.2. The number of amides is 1. The molecular formula is C20H23ClN4O. The van der Waals surface area contributed by atoms with E-state index in [1.165, 1.54) is 0 Å². The molecule has 3 rings (SSSR count). The molecule has 1 fully saturated rings. The van der Waals surface area contributed by atoms with E-state index < -0.39 is 0 Å². The normalized spacial score (nSPS) is 16.7. The molecule has 1 saturated heterocycles. The van der Waals surface area contributed by atoms with Crippen molar-refractivity contribution in [2.45, 2.75) is 31.8 Å². The Morgan fingerprint density at radius 1 is 1.19 bits per heavy atom. The summed E-state index contributed by atoms with van der Waals surface area (Å²) in [4.78, 5) is 19.5. The Kier molecular flexibility index (Phi) is 7.58. The van der Waals surface area contributed by atoms with Gasteiger partial charge in [-0.3, -0.25) is 9.78 Å². The fourth-order valence-electron chi connectivity index (χ4n) is 3.20. The first-order valence-electron chi connectivity index (χ1n) is 8.69. The minimum atomic E-state index is 0. The monoisotopic (exact) mass is 370 g/mol. The van der Waals surface area contributed by atoms with Crippen LogP contribution in [0.2, 0.25) is 0 Å². The van der Waals surface area contributed by atoms with E-state index in [0.29, 0.717) is 17.7 Å². The van der Waals surface area contributed by atoms with Gasteiger partial charge in [-0.25, -0.2) is 0 Å². The molecule has 6 heteroatoms. The highest BCUT2D eigenvalue weighted by molar-refractivity contribution is 5.94. The second-order valence-corrected chi connectivity index (χ2v) is 6.28. The summed E-state index contributed by atoms with van der Waals surface area (Å²) in [6, 6.07) is 14.9. The van der Waals surface area contributed by atoms with Gasteiger partial charge in [-0.2, -0.15) is 5.26 Å². The SMILES string of the molecule is Cl.N#Cc1ccc(C(=O)N(Cc2ccccn2)C2CCCNCC2)cc1. The molecular weight excluding hydrogens is 348 g/mol. The van der Waals surface area contributed by atoms with E-state index >= 15 is 0 Å². The van der Waals surface area contributed by atoms with Gasteiger partial charge < -0.3 is 10.2 Å². The van der Waals surface area contributed by atoms with E-state index in [9.17, 15) is 4.79 Å². The van der Waals surface area contributed by atoms with Crippen LogP contribution in [0.25, 0.3) is 0 Å². The third kappa shape index (κ3) is 5.04. The standard InChI is InChI=1S/C20H22N4O.ClH/c21-14-16-6-8-17(9-7-16)20(25)24(15-18-4-1-2-12-23-18)19-5-3-11-22-13-10-19;/h1-2,4,6-9,12,19,22H,3,5,10-11,13,15H2;1H. The number of hydrogen-bond acceptors (Lipinski definition) is 4. The first kappa shape index (κ1) is 19.9. The number of nitriles is 1. The largest absolute Gasteiger partial charge is 0.330 e. The zero-order valence-electron chi connectivity index (χ0n) is 14.6. The summed E-state index contributed by atoms with van der Waals surface area (Å²) in [5, 5.41) is 12.3. The van der Waals surface area contributed by atoms with Crippen LogP contribution in [0.1, 0.15) is 40.9 Å². The van der Waals surface area contributed by atoms with E-state index in [2.05, 4.69) is 16.4 Å². The lowest BCUT2D eigenvalue weighted by atomic mass is 10.0. The predicted octanol–water partition coefficient (Wildman–Crippen LogP) is 3.16. The minimum Gasteiger partial charge on any atom is -0.330 e. The van der Waals surface area contributed by atoms with Gasteiger partial charge in [0.15, 0.2) is 0 Å². The Morgan fingerprint density at radius 3 is 2.69 bits per heavy atom. The zero-order valence-corrected chi connectivity index (χ0v) is 15.4. The Bertz CT molecular complexity index is 735. The van der Waals surface area contributed by atoms with Gasteiger partial charge >= 0.3 is 0 Å². The number of rotatable bonds is 4. The topological polar surface area (TPSA) is 69.0 Å². The van der Waals surface area contributed by atoms with Crippen molar-refractivity contribution in [1.29, 1.82) is 5.26 Å². The van der Waals surface area contributed by atoms with Crippen molar-refractivity contribution in [1.82, 2.24) is 15.2 Å². The number of pyridine rings is 1. The molecule has 1 N–H and O–H groups in total. The lowest BCUT2D eigenvalue weighted by Gasteiger charge is -2.31. The zero-order chi connectivity index (χ0) is 17.5. The predicted molar refractivity (Wildman–Crippen MR) is 103 cm³/mol. The van der Waals surface area contributed by atoms with Gasteiger partial charge in [0.1, 0.15) is 0 Å². The van der Waals surface area contributed by atoms with Gasteiger partial charge in [0, 0.05) is 17.8 Å². The van der Waals surface area contributed by atoms with E-state index in [-0.39, 0.29) is 24.4 Å². The summed E-state index contributed by atoms with van der Waals surface area (Å²) in [6.07, 6.45) is 4.75. The number of halogens is 1. The van der Waals surface area contributed by atoms with Crippen molar-refractivity contribution in [3.63, 3.8) is 0 Å². The second-order valence-electron chi connectivity index (χ2n) is 6.28. The number of carbonyl (C=O) groups is 1. The molecule has 1 aromatic carbocycles. The summed E-state index contributed by atoms with van der Waals surface area (Å²) < 4.78 is 0. The van der Waals surface area contributed by atoms with Crippen LogP contribution in [0.4, 0.5) is 0 Å². The third-order valence-electron chi connectivity index (χ3n) is 4.57. The number of carbonyl (C=O) groups excluding carboxylic acids is 1. The Hall–Kier alpha value is -2.42. The lowest BCUT2D eigenvalue weighted by Crippen LogP contribution is -2.40. The fraction of sp³-hybridized carbons (Fsp3) is 0.350. The molecule has 0 aliphatic carbocycles. The van der Waals surface area contributed by atoms with Gasteiger partial charge in [0.25, 0.3) is 5.91 Å². The van der Waals surface area contributed by atoms with Crippen LogP contribution in [0.3, 0.4) is 0 Å². The highest BCUT2D eigenvalue weighted by atomic mass is 35.5. The van der Waals surface area contributed by atoms with E-state index in [1.807, 2.05) is 23.1 Å². The van der Waals surface area contributed by atoms with Crippen LogP contribution in [0, 0.1) is 11.3 Å². The number of hydrogen-bond donors (Lipinski definition) is 1. The maximum atomic E-state index is 13.2. The van der Waals surface area contributed by atoms with Crippen LogP contribution in [-0.4, -0.2) is 34.9 Å². The Balaban J connectivity index is 0.00000243. The molecule has 1 aliphatic heterocycles. The van der Waals surface area contributed by atoms with Gasteiger partial charge in [-0.15, -0.1) is 12.4 Å². The molecule has 0 radical (unpaired) electrons. The number of benzene rings is 1. The molecule has 1 atom stereocenters. The van der Waals surface area contributed by atoms with Crippen LogP contribution in [0.15, 0.2) is 48.7 Å². The van der Waals surface area contributed by atoms with E-state index in [1.54, 1.807) is 30.5 Å². The van der Waals surface area contributed by atoms with E-state index in [4.69, 9.17) is 5.26 Å². The molecule has 1 amide bonds. The minimum absolute atomic E-state index is 0. The molecule has 2 heterocycles. The Labute approximate surface area is 160 Å². The molecule has 0 spiro atoms. The van der Waals surface area contributed by atoms with Gasteiger partial charge in [-0.1, -0.05) is 6.07 Å². The first-order chi connectivity index (χ1) is 12.3. The number of nitrogens with one attached hydrogen (secondary N) is 1. The van der Waals surface area contributed by atoms with Gasteiger partial charge in [-0.05, 0) is 68.8 Å². The summed E-state index contributed by atoms with van der Waals surface area (Å²) >= 11 is 0.